The van der Waals surface area contributed by atoms with Crippen LogP contribution < -0.4 is 0 Å². The summed E-state index contributed by atoms with van der Waals surface area (Å²) in [5.74, 6) is -1.35. The molecule has 328 valence electrons. The van der Waals surface area contributed by atoms with Crippen LogP contribution in [0.5, 0.6) is 0 Å². The van der Waals surface area contributed by atoms with E-state index in [1.165, 1.54) is 109 Å². The summed E-state index contributed by atoms with van der Waals surface area (Å²) in [5.41, 5.74) is 0. The first-order valence-electron chi connectivity index (χ1n) is 21.7. The van der Waals surface area contributed by atoms with E-state index in [9.17, 15) is 44.6 Å². The van der Waals surface area contributed by atoms with Crippen LogP contribution in [0.1, 0.15) is 174 Å². The Hall–Kier alpha value is -1.67. The van der Waals surface area contributed by atoms with E-state index in [1.807, 2.05) is 6.08 Å². The van der Waals surface area contributed by atoms with Gasteiger partial charge in [-0.05, 0) is 19.3 Å². The topological polar surface area (TPSA) is 210 Å². The highest BCUT2D eigenvalue weighted by atomic mass is 31.2. The molecule has 13 nitrogen and oxygen atoms in total. The van der Waals surface area contributed by atoms with Gasteiger partial charge in [0.1, 0.15) is 43.2 Å². The van der Waals surface area contributed by atoms with E-state index in [-0.39, 0.29) is 6.42 Å². The first-order chi connectivity index (χ1) is 26.9. The normalized spacial score (nSPS) is 23.1. The number of rotatable bonds is 35. The molecule has 1 aliphatic carbocycles. The molecular formula is C42H77O13P. The van der Waals surface area contributed by atoms with Crippen molar-refractivity contribution >= 4 is 19.8 Å². The van der Waals surface area contributed by atoms with Crippen molar-refractivity contribution in [3.63, 3.8) is 0 Å². The summed E-state index contributed by atoms with van der Waals surface area (Å²) >= 11 is 0. The van der Waals surface area contributed by atoms with Gasteiger partial charge in [0.05, 0.1) is 6.61 Å². The summed E-state index contributed by atoms with van der Waals surface area (Å²) in [4.78, 5) is 35.4. The first kappa shape index (κ1) is 52.3. The predicted molar refractivity (Wildman–Crippen MR) is 217 cm³/mol. The Morgan fingerprint density at radius 2 is 1.02 bits per heavy atom. The smallest absolute Gasteiger partial charge is 0.458 e. The molecule has 0 aromatic rings. The molecule has 0 aliphatic heterocycles. The summed E-state index contributed by atoms with van der Waals surface area (Å²) < 4.78 is 33.2. The molecule has 0 amide bonds. The van der Waals surface area contributed by atoms with Gasteiger partial charge in [-0.25, -0.2) is 9.36 Å². The van der Waals surface area contributed by atoms with Crippen molar-refractivity contribution in [3.8, 4) is 0 Å². The number of carbonyl (C=O) groups is 2. The Morgan fingerprint density at radius 3 is 1.50 bits per heavy atom. The lowest BCUT2D eigenvalue weighted by atomic mass is 9.85. The highest BCUT2D eigenvalue weighted by Crippen LogP contribution is 2.47. The molecule has 0 bridgehead atoms. The fourth-order valence-corrected chi connectivity index (χ4v) is 7.59. The third-order valence-corrected chi connectivity index (χ3v) is 11.1. The van der Waals surface area contributed by atoms with E-state index >= 15 is 0 Å². The molecule has 1 saturated carbocycles. The first-order valence-corrected chi connectivity index (χ1v) is 23.2. The molecule has 56 heavy (non-hydrogen) atoms. The lowest BCUT2D eigenvalue weighted by Gasteiger charge is -2.41. The quantitative estimate of drug-likeness (QED) is 0.0119. The molecule has 0 heterocycles. The van der Waals surface area contributed by atoms with E-state index in [4.69, 9.17) is 18.5 Å². The van der Waals surface area contributed by atoms with Gasteiger partial charge in [0, 0.05) is 12.5 Å². The fraction of sp³-hybridized carbons (Fsp3) is 0.857. The number of hydrogen-bond donors (Lipinski definition) is 6. The van der Waals surface area contributed by atoms with Gasteiger partial charge in [-0.3, -0.25) is 13.8 Å². The number of ether oxygens (including phenoxy) is 2. The van der Waals surface area contributed by atoms with E-state index in [0.717, 1.165) is 44.9 Å². The highest BCUT2D eigenvalue weighted by molar-refractivity contribution is 7.47. The van der Waals surface area contributed by atoms with Crippen LogP contribution in [0.3, 0.4) is 0 Å². The number of phosphoric ester groups is 1. The van der Waals surface area contributed by atoms with Crippen LogP contribution in [0.15, 0.2) is 24.3 Å². The molecule has 1 rings (SSSR count). The lowest BCUT2D eigenvalue weighted by Crippen LogP contribution is -2.64. The van der Waals surface area contributed by atoms with Crippen LogP contribution in [0.2, 0.25) is 0 Å². The summed E-state index contributed by atoms with van der Waals surface area (Å²) in [7, 11) is -5.13. The third kappa shape index (κ3) is 25.6. The minimum atomic E-state index is -5.13. The minimum absolute atomic E-state index is 0.0809. The lowest BCUT2D eigenvalue weighted by molar-refractivity contribution is -0.220. The minimum Gasteiger partial charge on any atom is -0.458 e. The average Bonchev–Trinajstić information content (AvgIpc) is 3.18. The predicted octanol–water partition coefficient (Wildman–Crippen LogP) is 7.67. The molecule has 1 aliphatic rings. The van der Waals surface area contributed by atoms with Crippen molar-refractivity contribution in [1.82, 2.24) is 0 Å². The monoisotopic (exact) mass is 821 g/mol. The van der Waals surface area contributed by atoms with Gasteiger partial charge < -0.3 is 39.9 Å². The number of esters is 2. The number of phosphoric acid groups is 1. The van der Waals surface area contributed by atoms with Crippen molar-refractivity contribution in [2.45, 2.75) is 217 Å². The Balaban J connectivity index is 2.54. The third-order valence-electron chi connectivity index (χ3n) is 10.1. The number of carbonyl (C=O) groups excluding carboxylic acids is 2. The molecule has 0 saturated heterocycles. The van der Waals surface area contributed by atoms with E-state index in [1.54, 1.807) is 12.2 Å². The molecule has 0 aromatic carbocycles. The summed E-state index contributed by atoms with van der Waals surface area (Å²) in [6, 6.07) is 0. The average molecular weight is 821 g/mol. The summed E-state index contributed by atoms with van der Waals surface area (Å²) in [6.45, 7) is 3.17. The Kier molecular flexibility index (Phi) is 31.0. The Morgan fingerprint density at radius 1 is 0.589 bits per heavy atom. The maximum Gasteiger partial charge on any atom is 0.472 e. The summed E-state index contributed by atoms with van der Waals surface area (Å²) in [5, 5.41) is 50.0. The van der Waals surface area contributed by atoms with Gasteiger partial charge >= 0.3 is 19.8 Å². The number of allylic oxidation sites excluding steroid dienone is 3. The van der Waals surface area contributed by atoms with Gasteiger partial charge in [0.15, 0.2) is 6.10 Å². The molecule has 1 fully saturated rings. The van der Waals surface area contributed by atoms with E-state index in [2.05, 4.69) is 13.8 Å². The second-order valence-electron chi connectivity index (χ2n) is 15.3. The van der Waals surface area contributed by atoms with Crippen molar-refractivity contribution in [3.05, 3.63) is 24.3 Å². The van der Waals surface area contributed by atoms with Crippen LogP contribution in [0.25, 0.3) is 0 Å². The second-order valence-corrected chi connectivity index (χ2v) is 16.7. The SMILES string of the molecule is CCCCCCCCCCCCC/C=C/C=C/C(=O)OC[C@@H](COP(=O)(O)OC1C(O)C(O)C(O)[C@H](O)C1O)OC(=O)CCCCCCCCCCCCCC. The van der Waals surface area contributed by atoms with Gasteiger partial charge in [0.2, 0.25) is 0 Å². The van der Waals surface area contributed by atoms with Crippen molar-refractivity contribution in [2.75, 3.05) is 13.2 Å². The standard InChI is InChI=1S/C42H77O13P/c1-3-5-7-9-11-13-15-17-18-19-21-22-24-26-28-30-35(43)52-32-34(54-36(44)31-29-27-25-23-20-16-14-12-10-8-6-4-2)33-53-56(50,51)55-42-40(48)38(46)37(45)39(47)41(42)49/h24,26,28,30,34,37-42,45-49H,3-23,25,27,29,31-33H2,1-2H3,(H,50,51)/b26-24+,30-28+/t34-,37?,38-,39?,40?,41?,42?/m0/s1. The van der Waals surface area contributed by atoms with Gasteiger partial charge in [-0.15, -0.1) is 0 Å². The molecule has 0 radical (unpaired) electrons. The second kappa shape index (κ2) is 33.2. The molecule has 8 atom stereocenters. The zero-order valence-corrected chi connectivity index (χ0v) is 35.3. The molecule has 0 spiro atoms. The van der Waals surface area contributed by atoms with Gasteiger partial charge in [-0.2, -0.15) is 0 Å². The van der Waals surface area contributed by atoms with Crippen LogP contribution in [0, 0.1) is 0 Å². The molecular weight excluding hydrogens is 743 g/mol. The molecule has 14 heteroatoms. The number of unbranched alkanes of at least 4 members (excludes halogenated alkanes) is 22. The number of aliphatic hydroxyl groups is 5. The number of hydrogen-bond acceptors (Lipinski definition) is 12. The van der Waals surface area contributed by atoms with Crippen LogP contribution in [-0.2, 0) is 32.7 Å². The Bertz CT molecular complexity index is 1090. The van der Waals surface area contributed by atoms with Gasteiger partial charge in [0.25, 0.3) is 0 Å². The fourth-order valence-electron chi connectivity index (χ4n) is 6.61. The zero-order chi connectivity index (χ0) is 41.4. The van der Waals surface area contributed by atoms with Crippen LogP contribution in [0.4, 0.5) is 0 Å². The maximum absolute atomic E-state index is 12.8. The van der Waals surface area contributed by atoms with Gasteiger partial charge in [-0.1, -0.05) is 167 Å². The largest absolute Gasteiger partial charge is 0.472 e. The van der Waals surface area contributed by atoms with Crippen LogP contribution >= 0.6 is 7.82 Å². The maximum atomic E-state index is 12.8. The summed E-state index contributed by atoms with van der Waals surface area (Å²) in [6.07, 6.45) is 21.6. The van der Waals surface area contributed by atoms with Crippen molar-refractivity contribution in [2.24, 2.45) is 0 Å². The molecule has 6 N–H and O–H groups in total. The molecule has 6 unspecified atom stereocenters. The van der Waals surface area contributed by atoms with Crippen LogP contribution in [-0.4, -0.2) is 98.3 Å². The van der Waals surface area contributed by atoms with E-state index < -0.39 is 75.7 Å². The highest BCUT2D eigenvalue weighted by Gasteiger charge is 2.51. The Labute approximate surface area is 336 Å². The number of aliphatic hydroxyl groups excluding tert-OH is 5. The molecule has 0 aromatic heterocycles. The van der Waals surface area contributed by atoms with Crippen molar-refractivity contribution < 1.29 is 63.1 Å². The van der Waals surface area contributed by atoms with Crippen molar-refractivity contribution in [1.29, 1.82) is 0 Å². The van der Waals surface area contributed by atoms with E-state index in [0.29, 0.717) is 6.42 Å². The zero-order valence-electron chi connectivity index (χ0n) is 34.4.